The fourth-order valence-corrected chi connectivity index (χ4v) is 22.8. The van der Waals surface area contributed by atoms with E-state index in [1.807, 2.05) is 60.6 Å². The summed E-state index contributed by atoms with van der Waals surface area (Å²) in [6, 6.07) is 4.84. The number of nitrogens with zero attached hydrogens (tertiary/aromatic N) is 2. The second-order valence-corrected chi connectivity index (χ2v) is 33.7. The molecule has 1 unspecified atom stereocenters. The van der Waals surface area contributed by atoms with Crippen molar-refractivity contribution in [3.05, 3.63) is 41.5 Å². The highest BCUT2D eigenvalue weighted by Gasteiger charge is 2.63. The van der Waals surface area contributed by atoms with E-state index in [4.69, 9.17) is 4.74 Å². The van der Waals surface area contributed by atoms with Crippen molar-refractivity contribution in [1.82, 2.24) is 25.8 Å². The minimum atomic E-state index is -4.23. The van der Waals surface area contributed by atoms with E-state index in [0.717, 1.165) is 0 Å². The summed E-state index contributed by atoms with van der Waals surface area (Å²) in [5, 5.41) is 60.9. The molecule has 1 aromatic rings. The predicted molar refractivity (Wildman–Crippen MR) is 274 cm³/mol. The van der Waals surface area contributed by atoms with Crippen LogP contribution >= 0.6 is 18.1 Å². The van der Waals surface area contributed by atoms with E-state index < -0.39 is 53.4 Å². The van der Waals surface area contributed by atoms with Crippen LogP contribution in [0.15, 0.2) is 35.9 Å². The third-order valence-corrected chi connectivity index (χ3v) is 29.1. The molecule has 5 amide bonds. The zero-order valence-electron chi connectivity index (χ0n) is 43.0. The number of carboxylic acid groups (broad SMARTS) is 1. The molecule has 3 rings (SSSR count). The lowest BCUT2D eigenvalue weighted by Crippen LogP contribution is -2.61. The first kappa shape index (κ1) is 59.6. The summed E-state index contributed by atoms with van der Waals surface area (Å²) >= 11 is 0. The zero-order chi connectivity index (χ0) is 52.2. The van der Waals surface area contributed by atoms with Crippen LogP contribution in [-0.2, 0) is 34.2 Å². The number of likely N-dealkylation sites (N-methyl/N-ethyl adjacent to an activating group) is 2. The molecular weight excluding hydrogens is 927 g/mol. The van der Waals surface area contributed by atoms with Crippen molar-refractivity contribution in [2.45, 2.75) is 116 Å². The first-order valence-corrected chi connectivity index (χ1v) is 29.0. The van der Waals surface area contributed by atoms with Crippen LogP contribution in [0.2, 0.25) is 0 Å². The average molecular weight is 1010 g/mol. The van der Waals surface area contributed by atoms with Crippen molar-refractivity contribution >= 4 is 53.6 Å². The Morgan fingerprint density at radius 2 is 1.46 bits per heavy atom. The predicted octanol–water partition coefficient (Wildman–Crippen LogP) is 3.15. The zero-order valence-corrected chi connectivity index (χ0v) is 44.7. The molecule has 0 aromatic heterocycles. The number of ether oxygens (including phenoxy) is 1. The van der Waals surface area contributed by atoms with Gasteiger partial charge < -0.3 is 51.1 Å². The summed E-state index contributed by atoms with van der Waals surface area (Å²) < 4.78 is 6.51. The van der Waals surface area contributed by atoms with Crippen LogP contribution in [0.5, 0.6) is 5.75 Å². The maximum absolute atomic E-state index is 14.4. The van der Waals surface area contributed by atoms with Gasteiger partial charge in [-0.3, -0.25) is 28.9 Å². The summed E-state index contributed by atoms with van der Waals surface area (Å²) in [5.74, 6) is -1.86. The van der Waals surface area contributed by atoms with E-state index in [1.165, 1.54) is 27.5 Å². The van der Waals surface area contributed by atoms with Gasteiger partial charge in [-0.05, 0) is 97.6 Å². The highest BCUT2D eigenvalue weighted by Crippen LogP contribution is 2.97. The molecule has 2 fully saturated rings. The first-order valence-electron chi connectivity index (χ1n) is 24.3. The normalized spacial score (nSPS) is 20.7. The summed E-state index contributed by atoms with van der Waals surface area (Å²) in [4.78, 5) is 83.3. The lowest BCUT2D eigenvalue weighted by Gasteiger charge is -2.79. The monoisotopic (exact) mass is 1010 g/mol. The van der Waals surface area contributed by atoms with E-state index in [2.05, 4.69) is 16.0 Å². The number of benzene rings is 1. The second-order valence-electron chi connectivity index (χ2n) is 21.5. The van der Waals surface area contributed by atoms with Crippen LogP contribution in [0.3, 0.4) is 0 Å². The molecule has 1 aliphatic heterocycles. The summed E-state index contributed by atoms with van der Waals surface area (Å²) in [6.45, 7) is 13.4. The Hall–Kier alpha value is -3.72. The lowest BCUT2D eigenvalue weighted by molar-refractivity contribution is -0.141. The van der Waals surface area contributed by atoms with E-state index in [9.17, 15) is 54.3 Å². The topological polar surface area (TPSA) is 255 Å². The number of aliphatic hydroxyl groups excluding tert-OH is 4. The third kappa shape index (κ3) is 13.8. The maximum atomic E-state index is 14.4. The fraction of sp³-hybridized carbons (Fsp3) is 0.720. The van der Waals surface area contributed by atoms with Crippen LogP contribution in [0, 0.1) is 23.2 Å². The molecule has 1 heterocycles. The number of hydrogen-bond acceptors (Lipinski definition) is 13. The van der Waals surface area contributed by atoms with Gasteiger partial charge >= 0.3 is 5.97 Å². The van der Waals surface area contributed by atoms with Gasteiger partial charge in [-0.15, -0.1) is 10.8 Å². The first-order chi connectivity index (χ1) is 32.2. The molecule has 0 spiro atoms. The number of aliphatic hydroxyl groups is 4. The second kappa shape index (κ2) is 24.1. The number of rotatable bonds is 27. The van der Waals surface area contributed by atoms with Crippen molar-refractivity contribution in [1.29, 1.82) is 0 Å². The summed E-state index contributed by atoms with van der Waals surface area (Å²) in [7, 11) is 1.92. The van der Waals surface area contributed by atoms with Gasteiger partial charge in [0.05, 0.1) is 45.1 Å². The SMILES string of the molecule is CNC(=O)C1CCC(CN2C(=O)CC(SS(CCO)(CCO)(CCO)(CCO)CCOc3cccc(C(C)(C)[C@H](NC)C(=O)N[C@H](C(=O)N(C)[C@H](/C=C(\C)C(=O)O)C(C)C)C(C)(C)C)c3)C2=O)CC1. The molecule has 2 aliphatic rings. The molecule has 1 saturated heterocycles. The van der Waals surface area contributed by atoms with Crippen LogP contribution in [0.25, 0.3) is 0 Å². The highest BCUT2D eigenvalue weighted by atomic mass is 33.2. The van der Waals surface area contributed by atoms with Crippen molar-refractivity contribution < 1.29 is 59.0 Å². The number of carboxylic acids is 1. The fourth-order valence-electron chi connectivity index (χ4n) is 10.5. The molecule has 1 aromatic carbocycles. The summed E-state index contributed by atoms with van der Waals surface area (Å²) in [5.41, 5.74) is -0.816. The molecule has 69 heavy (non-hydrogen) atoms. The Balaban J connectivity index is 1.93. The number of carbonyl (C=O) groups is 6. The third-order valence-electron chi connectivity index (χ3n) is 15.1. The minimum absolute atomic E-state index is 0.00295. The number of imide groups is 1. The maximum Gasteiger partial charge on any atom is 0.331 e. The van der Waals surface area contributed by atoms with Gasteiger partial charge in [0.1, 0.15) is 17.0 Å². The molecule has 8 N–H and O–H groups in total. The van der Waals surface area contributed by atoms with Gasteiger partial charge in [0.25, 0.3) is 0 Å². The molecule has 1 aliphatic carbocycles. The van der Waals surface area contributed by atoms with Crippen molar-refractivity contribution in [2.24, 2.45) is 23.2 Å². The minimum Gasteiger partial charge on any atom is -0.493 e. The average Bonchev–Trinajstić information content (AvgIpc) is 3.53. The van der Waals surface area contributed by atoms with Gasteiger partial charge in [-0.1, -0.05) is 66.7 Å². The van der Waals surface area contributed by atoms with Crippen molar-refractivity contribution in [2.75, 3.05) is 89.5 Å². The lowest BCUT2D eigenvalue weighted by atomic mass is 9.76. The summed E-state index contributed by atoms with van der Waals surface area (Å²) in [6.07, 6.45) is 4.17. The number of amides is 5. The Labute approximate surface area is 413 Å². The van der Waals surface area contributed by atoms with Gasteiger partial charge in [-0.2, -0.15) is 0 Å². The Kier molecular flexibility index (Phi) is 20.8. The Morgan fingerprint density at radius 1 is 0.899 bits per heavy atom. The molecule has 19 heteroatoms. The smallest absolute Gasteiger partial charge is 0.331 e. The molecule has 1 saturated carbocycles. The van der Waals surface area contributed by atoms with E-state index in [1.54, 1.807) is 39.4 Å². The van der Waals surface area contributed by atoms with Gasteiger partial charge in [0, 0.05) is 49.7 Å². The molecule has 394 valence electrons. The van der Waals surface area contributed by atoms with Gasteiger partial charge in [0.15, 0.2) is 0 Å². The molecule has 17 nitrogen and oxygen atoms in total. The highest BCUT2D eigenvalue weighted by molar-refractivity contribution is 9.13. The van der Waals surface area contributed by atoms with Gasteiger partial charge in [0.2, 0.25) is 29.5 Å². The van der Waals surface area contributed by atoms with E-state index >= 15 is 0 Å². The van der Waals surface area contributed by atoms with Gasteiger partial charge in [-0.25, -0.2) is 12.1 Å². The van der Waals surface area contributed by atoms with Crippen LogP contribution in [-0.4, -0.2) is 184 Å². The Morgan fingerprint density at radius 3 is 1.94 bits per heavy atom. The quantitative estimate of drug-likeness (QED) is 0.0358. The molecule has 0 bridgehead atoms. The number of carbonyl (C=O) groups excluding carboxylic acids is 5. The van der Waals surface area contributed by atoms with Crippen LogP contribution in [0.4, 0.5) is 0 Å². The number of hydrogen-bond donors (Lipinski definition) is 8. The molecular formula is C50H85N5O12S2. The Bertz CT molecular complexity index is 1970. The number of likely N-dealkylation sites (tertiary alicyclic amines) is 1. The van der Waals surface area contributed by atoms with Crippen LogP contribution in [0.1, 0.15) is 93.1 Å². The number of nitrogens with one attached hydrogen (secondary N) is 3. The van der Waals surface area contributed by atoms with Crippen molar-refractivity contribution in [3.63, 3.8) is 0 Å². The molecule has 4 atom stereocenters. The number of aliphatic carboxylic acids is 1. The van der Waals surface area contributed by atoms with Crippen LogP contribution < -0.4 is 20.7 Å². The van der Waals surface area contributed by atoms with E-state index in [0.29, 0.717) is 37.0 Å². The van der Waals surface area contributed by atoms with E-state index in [-0.39, 0.29) is 122 Å². The molecule has 0 radical (unpaired) electrons. The standard InChI is InChI=1S/C50H85N5O12S2/c1-33(2)39(29-34(3)48(65)66)54(11)47(64)43(49(4,5)6)53-45(62)42(51-9)50(7,8)37-13-12-14-38(30-37)67-23-28-69(24-19-56,25-20-57,26-21-58,27-22-59)68-40-31-41(60)55(46(40)63)32-35-15-17-36(18-16-35)44(61)52-10/h12-14,29-30,33,35-36,39-40,42-43,51,56-59H,15-28,31-32H2,1-11H3,(H,52,61)(H,53,62)(H,65,66)/b34-29+/t35?,36?,39-,40?,42-,43-/m1/s1. The largest absolute Gasteiger partial charge is 0.493 e. The van der Waals surface area contributed by atoms with Crippen molar-refractivity contribution in [3.8, 4) is 5.75 Å².